The molecule has 0 amide bonds. The predicted octanol–water partition coefficient (Wildman–Crippen LogP) is 10.7. The molecule has 1 aliphatic rings. The van der Waals surface area contributed by atoms with Gasteiger partial charge in [0.1, 0.15) is 12.2 Å². The van der Waals surface area contributed by atoms with Crippen molar-refractivity contribution in [3.05, 3.63) is 54.8 Å². The van der Waals surface area contributed by atoms with Crippen LogP contribution in [0.25, 0.3) is 0 Å². The van der Waals surface area contributed by atoms with E-state index in [1.54, 1.807) is 14.0 Å². The van der Waals surface area contributed by atoms with E-state index < -0.39 is 60.7 Å². The van der Waals surface area contributed by atoms with E-state index in [2.05, 4.69) is 72.6 Å². The van der Waals surface area contributed by atoms with Gasteiger partial charge in [0, 0.05) is 13.5 Å². The summed E-state index contributed by atoms with van der Waals surface area (Å²) in [5.41, 5.74) is 2.40. The Balaban J connectivity index is 3.09. The van der Waals surface area contributed by atoms with Crippen LogP contribution in [0.5, 0.6) is 0 Å². The van der Waals surface area contributed by atoms with Crippen LogP contribution in [0.15, 0.2) is 54.8 Å². The van der Waals surface area contributed by atoms with Crippen LogP contribution >= 0.6 is 22.6 Å². The fraction of sp³-hybridized carbons (Fsp3) is 0.738. The molecule has 51 heavy (non-hydrogen) atoms. The Labute approximate surface area is 329 Å². The molecule has 0 bridgehead atoms. The quantitative estimate of drug-likeness (QED) is 0.0310. The van der Waals surface area contributed by atoms with Gasteiger partial charge >= 0.3 is 196 Å². The van der Waals surface area contributed by atoms with Crippen molar-refractivity contribution in [1.82, 2.24) is 0 Å². The molecule has 0 aromatic carbocycles. The summed E-state index contributed by atoms with van der Waals surface area (Å²) in [6.45, 7) is 20.7. The number of carbonyl (C=O) groups excluding carboxylic acids is 1. The van der Waals surface area contributed by atoms with Gasteiger partial charge < -0.3 is 19.3 Å². The van der Waals surface area contributed by atoms with Crippen molar-refractivity contribution in [2.45, 2.75) is 177 Å². The topological polar surface area (TPSA) is 94.5 Å². The molecule has 0 saturated carbocycles. The number of aliphatic hydroxyl groups excluding tert-OH is 2. The molecule has 7 nitrogen and oxygen atoms in total. The minimum absolute atomic E-state index is 0.0304. The summed E-state index contributed by atoms with van der Waals surface area (Å²) in [7, 11) is 1.57. The van der Waals surface area contributed by atoms with Gasteiger partial charge in [-0.3, -0.25) is 0 Å². The number of methoxy groups -OCH3 is 1. The second-order valence-corrected chi connectivity index (χ2v) is 30.0. The van der Waals surface area contributed by atoms with E-state index in [9.17, 15) is 15.0 Å². The number of ether oxygens (including phenoxy) is 4. The Hall–Kier alpha value is -0.501. The number of allylic oxidation sites excluding steroid dienone is 6. The van der Waals surface area contributed by atoms with Gasteiger partial charge in [-0.2, -0.15) is 0 Å². The van der Waals surface area contributed by atoms with Crippen molar-refractivity contribution in [3.8, 4) is 0 Å². The van der Waals surface area contributed by atoms with Gasteiger partial charge in [0.15, 0.2) is 5.79 Å². The molecule has 294 valence electrons. The van der Waals surface area contributed by atoms with E-state index in [-0.39, 0.29) is 18.9 Å². The number of halogens is 1. The third kappa shape index (κ3) is 19.6. The van der Waals surface area contributed by atoms with Crippen molar-refractivity contribution in [3.63, 3.8) is 0 Å². The summed E-state index contributed by atoms with van der Waals surface area (Å²) in [5.74, 6) is -1.27. The summed E-state index contributed by atoms with van der Waals surface area (Å²) < 4.78 is 31.5. The maximum absolute atomic E-state index is 13.4. The maximum atomic E-state index is 13.4. The van der Waals surface area contributed by atoms with Crippen LogP contribution in [0.1, 0.15) is 127 Å². The number of hydrogen-bond acceptors (Lipinski definition) is 7. The Morgan fingerprint density at radius 3 is 2.06 bits per heavy atom. The van der Waals surface area contributed by atoms with E-state index >= 15 is 0 Å². The molecule has 1 saturated heterocycles. The first-order valence-electron chi connectivity index (χ1n) is 19.5. The van der Waals surface area contributed by atoms with Gasteiger partial charge in [-0.15, -0.1) is 0 Å². The van der Waals surface area contributed by atoms with Crippen LogP contribution in [0.4, 0.5) is 0 Å². The van der Waals surface area contributed by atoms with Gasteiger partial charge in [-0.25, -0.2) is 0 Å². The number of carbonyl (C=O) groups is 1. The zero-order valence-corrected chi connectivity index (χ0v) is 38.9. The fourth-order valence-electron chi connectivity index (χ4n) is 6.74. The van der Waals surface area contributed by atoms with Crippen molar-refractivity contribution >= 4 is 46.9 Å². The van der Waals surface area contributed by atoms with Crippen molar-refractivity contribution in [2.75, 3.05) is 13.7 Å². The molecule has 2 N–H and O–H groups in total. The number of rotatable bonds is 25. The summed E-state index contributed by atoms with van der Waals surface area (Å²) in [6, 6.07) is 0. The Bertz CT molecular complexity index is 1150. The first-order chi connectivity index (χ1) is 24.0. The second-order valence-electron chi connectivity index (χ2n) is 15.3. The molecule has 9 heteroatoms. The van der Waals surface area contributed by atoms with E-state index in [0.29, 0.717) is 12.0 Å². The zero-order valence-electron chi connectivity index (χ0n) is 33.9. The first-order valence-corrected chi connectivity index (χ1v) is 28.3. The van der Waals surface area contributed by atoms with Crippen LogP contribution in [0.3, 0.4) is 0 Å². The zero-order chi connectivity index (χ0) is 38.6. The normalized spacial score (nSPS) is 20.8. The summed E-state index contributed by atoms with van der Waals surface area (Å²) in [6.07, 6.45) is 16.4. The SMILES string of the molecule is CCC[CH2][Sn](/[CH]=C/[C@@H](O)[C@H](C)/C=C(C)/C=C(C)/C=C(\C)C(=O)O[C@@H](C[C@H](OC)[C@@H](O)CC/C=C(\C)I)[C@@H]1COC(C)(C)O1)([CH2]CCC)[CH2]CCC. The minimum atomic E-state index is -2.47. The van der Waals surface area contributed by atoms with Crippen LogP contribution < -0.4 is 0 Å². The molecule has 1 rings (SSSR count). The second kappa shape index (κ2) is 25.6. The summed E-state index contributed by atoms with van der Waals surface area (Å²) in [5, 5.41) is 22.1. The van der Waals surface area contributed by atoms with E-state index in [4.69, 9.17) is 18.9 Å². The average molecular weight is 936 g/mol. The molecule has 6 atom stereocenters. The van der Waals surface area contributed by atoms with Gasteiger partial charge in [0.2, 0.25) is 0 Å². The Kier molecular flexibility index (Phi) is 24.3. The van der Waals surface area contributed by atoms with Gasteiger partial charge in [-0.05, 0) is 59.8 Å². The molecule has 1 fully saturated rings. The Morgan fingerprint density at radius 2 is 1.57 bits per heavy atom. The van der Waals surface area contributed by atoms with Crippen LogP contribution in [0.2, 0.25) is 13.3 Å². The molecule has 0 aromatic heterocycles. The molecule has 1 heterocycles. The Morgan fingerprint density at radius 1 is 0.980 bits per heavy atom. The molecule has 0 aliphatic carbocycles. The van der Waals surface area contributed by atoms with E-state index in [1.807, 2.05) is 46.8 Å². The van der Waals surface area contributed by atoms with E-state index in [1.165, 1.54) is 55.4 Å². The molecule has 0 unspecified atom stereocenters. The summed E-state index contributed by atoms with van der Waals surface area (Å²) in [4.78, 5) is 13.4. The predicted molar refractivity (Wildman–Crippen MR) is 224 cm³/mol. The molecule has 0 spiro atoms. The third-order valence-corrected chi connectivity index (χ3v) is 24.4. The monoisotopic (exact) mass is 936 g/mol. The fourth-order valence-corrected chi connectivity index (χ4v) is 21.4. The van der Waals surface area contributed by atoms with Crippen molar-refractivity contribution in [2.24, 2.45) is 5.92 Å². The van der Waals surface area contributed by atoms with E-state index in [0.717, 1.165) is 17.6 Å². The van der Waals surface area contributed by atoms with Crippen LogP contribution in [0, 0.1) is 5.92 Å². The first kappa shape index (κ1) is 48.5. The van der Waals surface area contributed by atoms with Crippen LogP contribution in [-0.4, -0.2) is 84.6 Å². The average Bonchev–Trinajstić information content (AvgIpc) is 3.44. The van der Waals surface area contributed by atoms with Crippen LogP contribution in [-0.2, 0) is 23.7 Å². The molecule has 1 aliphatic heterocycles. The number of hydrogen-bond donors (Lipinski definition) is 2. The third-order valence-electron chi connectivity index (χ3n) is 9.81. The van der Waals surface area contributed by atoms with Gasteiger partial charge in [0.25, 0.3) is 0 Å². The van der Waals surface area contributed by atoms with Crippen molar-refractivity contribution in [1.29, 1.82) is 0 Å². The standard InChI is InChI=1S/C30H46IO7.3C4H9.Sn/c1-10-24(32)21(4)15-19(2)14-20(3)16-22(5)29(34)37-27(28-18-36-30(7,8)38-28)17-26(35-9)25(33)13-11-12-23(6)31;3*1-3-4-2;/h1,10,12,14-16,21,24-28,32-33H,11,13,17-18H2,2-9H3;3*1,3-4H2,2H3;/b10-1?,19-15+,20-14+,22-16+,23-12+;;;;/t21-,24-,25+,26+,27+,28+;;;;/m1..../s1. The molecule has 0 radical (unpaired) electrons. The summed E-state index contributed by atoms with van der Waals surface area (Å²) >= 11 is -0.213. The number of aliphatic hydroxyl groups is 2. The molecular weight excluding hydrogens is 862 g/mol. The van der Waals surface area contributed by atoms with Gasteiger partial charge in [-0.1, -0.05) is 6.08 Å². The number of unbranched alkanes of at least 4 members (excludes halogenated alkanes) is 3. The molecular formula is C42H73IO7Sn. The molecule has 0 aromatic rings. The van der Waals surface area contributed by atoms with Gasteiger partial charge in [0.05, 0.1) is 18.8 Å². The number of esters is 1. The van der Waals surface area contributed by atoms with Crippen molar-refractivity contribution < 1.29 is 34.0 Å².